The number of hydrogen-bond donors (Lipinski definition) is 0. The molecule has 0 spiro atoms. The van der Waals surface area contributed by atoms with Gasteiger partial charge in [0.1, 0.15) is 0 Å². The van der Waals surface area contributed by atoms with E-state index in [1.165, 1.54) is 25.7 Å². The van der Waals surface area contributed by atoms with E-state index in [-0.39, 0.29) is 0 Å². The molecule has 0 aromatic rings. The van der Waals surface area contributed by atoms with E-state index in [0.29, 0.717) is 0 Å². The molecule has 4 rings (SSSR count). The lowest BCUT2D eigenvalue weighted by Crippen LogP contribution is -2.25. The molecular formula is C16H24. The second-order valence-corrected chi connectivity index (χ2v) is 6.87. The first-order valence-electron chi connectivity index (χ1n) is 7.58. The van der Waals surface area contributed by atoms with Crippen molar-refractivity contribution in [3.05, 3.63) is 11.6 Å². The van der Waals surface area contributed by atoms with Crippen LogP contribution < -0.4 is 0 Å². The largest absolute Gasteiger partial charge is 0.0816 e. The van der Waals surface area contributed by atoms with E-state index in [0.717, 1.165) is 35.5 Å². The van der Waals surface area contributed by atoms with Crippen LogP contribution in [0.25, 0.3) is 0 Å². The van der Waals surface area contributed by atoms with Crippen molar-refractivity contribution in [1.82, 2.24) is 0 Å². The summed E-state index contributed by atoms with van der Waals surface area (Å²) in [6.07, 6.45) is 13.4. The lowest BCUT2D eigenvalue weighted by atomic mass is 9.71. The zero-order valence-corrected chi connectivity index (χ0v) is 10.5. The standard InChI is InChI=1S/C16H24/c1-2-14-12-5-6-13(9-12)16(14)15-8-10-3-4-11(15)7-10/h8,10-14,16H,2-7,9H2,1H3. The molecule has 16 heavy (non-hydrogen) atoms. The van der Waals surface area contributed by atoms with Crippen molar-refractivity contribution in [1.29, 1.82) is 0 Å². The second-order valence-electron chi connectivity index (χ2n) is 6.87. The Morgan fingerprint density at radius 3 is 2.62 bits per heavy atom. The molecule has 4 aliphatic rings. The third-order valence-electron chi connectivity index (χ3n) is 6.32. The summed E-state index contributed by atoms with van der Waals surface area (Å²) in [5, 5.41) is 0. The molecule has 0 radical (unpaired) electrons. The van der Waals surface area contributed by atoms with E-state index in [4.69, 9.17) is 0 Å². The maximum Gasteiger partial charge on any atom is -0.0141 e. The minimum atomic E-state index is 0.997. The van der Waals surface area contributed by atoms with Crippen LogP contribution in [0.1, 0.15) is 51.9 Å². The Bertz CT molecular complexity index is 327. The molecule has 6 atom stereocenters. The van der Waals surface area contributed by atoms with E-state index < -0.39 is 0 Å². The molecule has 0 N–H and O–H groups in total. The molecule has 88 valence electrons. The van der Waals surface area contributed by atoms with Crippen LogP contribution in [0.15, 0.2) is 11.6 Å². The number of allylic oxidation sites excluding steroid dienone is 2. The van der Waals surface area contributed by atoms with Crippen molar-refractivity contribution in [3.63, 3.8) is 0 Å². The Morgan fingerprint density at radius 1 is 1.06 bits per heavy atom. The van der Waals surface area contributed by atoms with Gasteiger partial charge >= 0.3 is 0 Å². The van der Waals surface area contributed by atoms with Gasteiger partial charge in [0.2, 0.25) is 0 Å². The molecule has 0 aromatic heterocycles. The van der Waals surface area contributed by atoms with Gasteiger partial charge in [0.05, 0.1) is 0 Å². The van der Waals surface area contributed by atoms with Gasteiger partial charge in [-0.2, -0.15) is 0 Å². The van der Waals surface area contributed by atoms with Crippen LogP contribution in [0.5, 0.6) is 0 Å². The van der Waals surface area contributed by atoms with Crippen molar-refractivity contribution >= 4 is 0 Å². The van der Waals surface area contributed by atoms with Gasteiger partial charge in [0.15, 0.2) is 0 Å². The summed E-state index contributed by atoms with van der Waals surface area (Å²) in [6, 6.07) is 0. The SMILES string of the molecule is CCC1C2CCC(C2)C1C1=CC2CCC1C2. The first-order valence-corrected chi connectivity index (χ1v) is 7.58. The highest BCUT2D eigenvalue weighted by Gasteiger charge is 2.50. The lowest BCUT2D eigenvalue weighted by molar-refractivity contribution is 0.234. The Balaban J connectivity index is 1.65. The Kier molecular flexibility index (Phi) is 2.05. The summed E-state index contributed by atoms with van der Waals surface area (Å²) in [7, 11) is 0. The quantitative estimate of drug-likeness (QED) is 0.600. The summed E-state index contributed by atoms with van der Waals surface area (Å²) < 4.78 is 0. The second kappa shape index (κ2) is 3.37. The zero-order valence-electron chi connectivity index (χ0n) is 10.5. The van der Waals surface area contributed by atoms with E-state index in [2.05, 4.69) is 13.0 Å². The molecule has 0 nitrogen and oxygen atoms in total. The van der Waals surface area contributed by atoms with Gasteiger partial charge in [-0.3, -0.25) is 0 Å². The highest BCUT2D eigenvalue weighted by atomic mass is 14.6. The van der Waals surface area contributed by atoms with Gasteiger partial charge in [-0.25, -0.2) is 0 Å². The normalized spacial score (nSPS) is 53.7. The van der Waals surface area contributed by atoms with Gasteiger partial charge in [0, 0.05) is 0 Å². The van der Waals surface area contributed by atoms with Crippen LogP contribution in [-0.2, 0) is 0 Å². The van der Waals surface area contributed by atoms with Crippen LogP contribution in [0, 0.1) is 35.5 Å². The van der Waals surface area contributed by atoms with E-state index in [9.17, 15) is 0 Å². The fourth-order valence-electron chi connectivity index (χ4n) is 5.78. The van der Waals surface area contributed by atoms with Crippen molar-refractivity contribution in [3.8, 4) is 0 Å². The third-order valence-corrected chi connectivity index (χ3v) is 6.32. The minimum absolute atomic E-state index is 0.997. The van der Waals surface area contributed by atoms with Crippen LogP contribution in [0.2, 0.25) is 0 Å². The molecule has 0 heterocycles. The first-order chi connectivity index (χ1) is 7.86. The average molecular weight is 216 g/mol. The predicted molar refractivity (Wildman–Crippen MR) is 67.0 cm³/mol. The van der Waals surface area contributed by atoms with Gasteiger partial charge in [-0.05, 0) is 74.0 Å². The Morgan fingerprint density at radius 2 is 1.94 bits per heavy atom. The lowest BCUT2D eigenvalue weighted by Gasteiger charge is -2.34. The Hall–Kier alpha value is -0.260. The van der Waals surface area contributed by atoms with E-state index in [1.807, 2.05) is 5.57 Å². The summed E-state index contributed by atoms with van der Waals surface area (Å²) in [5.41, 5.74) is 1.95. The fraction of sp³-hybridized carbons (Fsp3) is 0.875. The number of rotatable bonds is 2. The third kappa shape index (κ3) is 1.17. The first kappa shape index (κ1) is 9.74. The number of hydrogen-bond acceptors (Lipinski definition) is 0. The predicted octanol–water partition coefficient (Wildman–Crippen LogP) is 4.42. The maximum atomic E-state index is 2.72. The van der Waals surface area contributed by atoms with Gasteiger partial charge < -0.3 is 0 Å². The molecule has 0 aliphatic heterocycles. The molecular weight excluding hydrogens is 192 g/mol. The topological polar surface area (TPSA) is 0 Å². The summed E-state index contributed by atoms with van der Waals surface area (Å²) >= 11 is 0. The van der Waals surface area contributed by atoms with Crippen molar-refractivity contribution in [2.24, 2.45) is 35.5 Å². The molecule has 0 amide bonds. The van der Waals surface area contributed by atoms with Gasteiger partial charge in [0.25, 0.3) is 0 Å². The minimum Gasteiger partial charge on any atom is -0.0816 e. The molecule has 6 unspecified atom stereocenters. The maximum absolute atomic E-state index is 2.72. The van der Waals surface area contributed by atoms with E-state index in [1.54, 1.807) is 19.3 Å². The van der Waals surface area contributed by atoms with Gasteiger partial charge in [-0.1, -0.05) is 25.0 Å². The van der Waals surface area contributed by atoms with Crippen LogP contribution in [0.3, 0.4) is 0 Å². The average Bonchev–Trinajstić information content (AvgIpc) is 3.05. The summed E-state index contributed by atoms with van der Waals surface area (Å²) in [4.78, 5) is 0. The fourth-order valence-corrected chi connectivity index (χ4v) is 5.78. The van der Waals surface area contributed by atoms with Crippen molar-refractivity contribution in [2.75, 3.05) is 0 Å². The highest BCUT2D eigenvalue weighted by Crippen LogP contribution is 2.60. The molecule has 4 aliphatic carbocycles. The Labute approximate surface area is 99.5 Å². The summed E-state index contributed by atoms with van der Waals surface area (Å²) in [5.74, 6) is 6.35. The van der Waals surface area contributed by atoms with Crippen LogP contribution in [0.4, 0.5) is 0 Å². The monoisotopic (exact) mass is 216 g/mol. The number of fused-ring (bicyclic) bond motifs is 4. The molecule has 4 bridgehead atoms. The van der Waals surface area contributed by atoms with Crippen molar-refractivity contribution in [2.45, 2.75) is 51.9 Å². The smallest absolute Gasteiger partial charge is 0.0141 e. The molecule has 0 aromatic carbocycles. The molecule has 0 saturated heterocycles. The molecule has 3 saturated carbocycles. The van der Waals surface area contributed by atoms with Crippen molar-refractivity contribution < 1.29 is 0 Å². The van der Waals surface area contributed by atoms with Crippen LogP contribution in [-0.4, -0.2) is 0 Å². The summed E-state index contributed by atoms with van der Waals surface area (Å²) in [6.45, 7) is 2.44. The molecule has 0 heteroatoms. The zero-order chi connectivity index (χ0) is 10.7. The highest BCUT2D eigenvalue weighted by molar-refractivity contribution is 5.26. The van der Waals surface area contributed by atoms with Crippen LogP contribution >= 0.6 is 0 Å². The van der Waals surface area contributed by atoms with Gasteiger partial charge in [-0.15, -0.1) is 0 Å². The molecule has 3 fully saturated rings. The van der Waals surface area contributed by atoms with E-state index >= 15 is 0 Å².